The summed E-state index contributed by atoms with van der Waals surface area (Å²) in [5, 5.41) is 18.1. The Balaban J connectivity index is 2.02. The van der Waals surface area contributed by atoms with E-state index in [1.807, 2.05) is 0 Å². The molecule has 110 valence electrons. The molecule has 2 rings (SSSR count). The summed E-state index contributed by atoms with van der Waals surface area (Å²) < 4.78 is 2.18. The van der Waals surface area contributed by atoms with Crippen molar-refractivity contribution in [1.82, 2.24) is 20.1 Å². The number of hydrogen-bond acceptors (Lipinski definition) is 4. The van der Waals surface area contributed by atoms with Crippen LogP contribution in [0.25, 0.3) is 0 Å². The van der Waals surface area contributed by atoms with Crippen LogP contribution in [0.5, 0.6) is 0 Å². The van der Waals surface area contributed by atoms with Crippen LogP contribution in [0, 0.1) is 0 Å². The molecule has 0 unspecified atom stereocenters. The summed E-state index contributed by atoms with van der Waals surface area (Å²) in [6.45, 7) is 0.142. The average molecular weight is 354 g/mol. The molecule has 0 spiro atoms. The number of aryl methyl sites for hydroxylation is 1. The molecular weight excluding hydrogens is 342 g/mol. The van der Waals surface area contributed by atoms with Crippen LogP contribution in [0.2, 0.25) is 0 Å². The molecule has 9 heteroatoms. The maximum Gasteiger partial charge on any atom is 0.337 e. The number of anilines is 1. The number of hydrogen-bond donors (Lipinski definition) is 3. The van der Waals surface area contributed by atoms with Gasteiger partial charge in [0.1, 0.15) is 6.33 Å². The van der Waals surface area contributed by atoms with E-state index in [9.17, 15) is 9.59 Å². The number of urea groups is 1. The SMILES string of the molecule is Cn1cnc(CNC(=O)Nc2cc(Br)ccc2C(=O)O)n1. The van der Waals surface area contributed by atoms with Crippen molar-refractivity contribution in [2.75, 3.05) is 5.32 Å². The van der Waals surface area contributed by atoms with Crippen molar-refractivity contribution in [2.24, 2.45) is 7.05 Å². The second kappa shape index (κ2) is 6.35. The van der Waals surface area contributed by atoms with Crippen LogP contribution in [0.15, 0.2) is 29.0 Å². The van der Waals surface area contributed by atoms with E-state index in [4.69, 9.17) is 5.11 Å². The molecule has 0 aliphatic heterocycles. The number of amides is 2. The van der Waals surface area contributed by atoms with Gasteiger partial charge in [-0.1, -0.05) is 15.9 Å². The van der Waals surface area contributed by atoms with Crippen LogP contribution >= 0.6 is 15.9 Å². The Hall–Kier alpha value is -2.42. The van der Waals surface area contributed by atoms with Crippen molar-refractivity contribution in [1.29, 1.82) is 0 Å². The van der Waals surface area contributed by atoms with Gasteiger partial charge in [0.05, 0.1) is 17.8 Å². The van der Waals surface area contributed by atoms with Crippen LogP contribution in [0.4, 0.5) is 10.5 Å². The third-order valence-corrected chi connectivity index (χ3v) is 3.01. The Morgan fingerprint density at radius 3 is 2.81 bits per heavy atom. The zero-order chi connectivity index (χ0) is 15.4. The number of carbonyl (C=O) groups excluding carboxylic acids is 1. The molecule has 1 heterocycles. The van der Waals surface area contributed by atoms with Gasteiger partial charge in [0, 0.05) is 11.5 Å². The molecule has 0 saturated heterocycles. The number of rotatable bonds is 4. The van der Waals surface area contributed by atoms with E-state index in [0.717, 1.165) is 0 Å². The van der Waals surface area contributed by atoms with Gasteiger partial charge in [-0.15, -0.1) is 0 Å². The Kier molecular flexibility index (Phi) is 4.53. The summed E-state index contributed by atoms with van der Waals surface area (Å²) >= 11 is 3.23. The zero-order valence-electron chi connectivity index (χ0n) is 11.0. The minimum atomic E-state index is -1.12. The smallest absolute Gasteiger partial charge is 0.337 e. The molecule has 0 radical (unpaired) electrons. The predicted molar refractivity (Wildman–Crippen MR) is 78.0 cm³/mol. The summed E-state index contributed by atoms with van der Waals surface area (Å²) in [6, 6.07) is 3.97. The standard InChI is InChI=1S/C12H12BrN5O3/c1-18-6-15-10(17-18)5-14-12(21)16-9-4-7(13)2-3-8(9)11(19)20/h2-4,6H,5H2,1H3,(H,19,20)(H2,14,16,21). The van der Waals surface area contributed by atoms with Gasteiger partial charge in [0.25, 0.3) is 0 Å². The first-order valence-corrected chi connectivity index (χ1v) is 6.67. The van der Waals surface area contributed by atoms with Crippen LogP contribution in [0.3, 0.4) is 0 Å². The zero-order valence-corrected chi connectivity index (χ0v) is 12.6. The first kappa shape index (κ1) is 15.0. The van der Waals surface area contributed by atoms with E-state index in [1.165, 1.54) is 23.1 Å². The van der Waals surface area contributed by atoms with Crippen LogP contribution in [-0.4, -0.2) is 31.9 Å². The Morgan fingerprint density at radius 2 is 2.19 bits per heavy atom. The van der Waals surface area contributed by atoms with Gasteiger partial charge in [0.2, 0.25) is 0 Å². The van der Waals surface area contributed by atoms with E-state index in [-0.39, 0.29) is 17.8 Å². The highest BCUT2D eigenvalue weighted by Gasteiger charge is 2.13. The number of aromatic nitrogens is 3. The van der Waals surface area contributed by atoms with Crippen molar-refractivity contribution < 1.29 is 14.7 Å². The van der Waals surface area contributed by atoms with Gasteiger partial charge < -0.3 is 15.7 Å². The number of carbonyl (C=O) groups is 2. The van der Waals surface area contributed by atoms with Crippen LogP contribution in [0.1, 0.15) is 16.2 Å². The highest BCUT2D eigenvalue weighted by Crippen LogP contribution is 2.21. The monoisotopic (exact) mass is 353 g/mol. The molecule has 0 aliphatic rings. The van der Waals surface area contributed by atoms with E-state index in [0.29, 0.717) is 10.3 Å². The molecule has 1 aromatic heterocycles. The van der Waals surface area contributed by atoms with Crippen molar-refractivity contribution in [3.8, 4) is 0 Å². The number of nitrogens with one attached hydrogen (secondary N) is 2. The molecule has 3 N–H and O–H groups in total. The van der Waals surface area contributed by atoms with Gasteiger partial charge in [0.15, 0.2) is 5.82 Å². The van der Waals surface area contributed by atoms with E-state index in [1.54, 1.807) is 13.1 Å². The number of nitrogens with zero attached hydrogens (tertiary/aromatic N) is 3. The molecule has 0 bridgehead atoms. The molecule has 0 saturated carbocycles. The molecule has 1 aromatic carbocycles. The minimum Gasteiger partial charge on any atom is -0.478 e. The molecule has 2 amide bonds. The van der Waals surface area contributed by atoms with Gasteiger partial charge >= 0.3 is 12.0 Å². The minimum absolute atomic E-state index is 0.00399. The lowest BCUT2D eigenvalue weighted by Crippen LogP contribution is -2.29. The molecule has 21 heavy (non-hydrogen) atoms. The summed E-state index contributed by atoms with van der Waals surface area (Å²) in [5.74, 6) is -0.662. The summed E-state index contributed by atoms with van der Waals surface area (Å²) in [4.78, 5) is 26.8. The van der Waals surface area contributed by atoms with Gasteiger partial charge in [-0.25, -0.2) is 14.6 Å². The third-order valence-electron chi connectivity index (χ3n) is 2.51. The van der Waals surface area contributed by atoms with Crippen LogP contribution in [-0.2, 0) is 13.6 Å². The molecule has 0 aliphatic carbocycles. The molecule has 0 fully saturated rings. The van der Waals surface area contributed by atoms with Gasteiger partial charge in [-0.2, -0.15) is 5.10 Å². The fourth-order valence-electron chi connectivity index (χ4n) is 1.60. The van der Waals surface area contributed by atoms with E-state index < -0.39 is 12.0 Å². The summed E-state index contributed by atoms with van der Waals surface area (Å²) in [5.41, 5.74) is 0.202. The van der Waals surface area contributed by atoms with Crippen molar-refractivity contribution in [2.45, 2.75) is 6.54 Å². The molecule has 8 nitrogen and oxygen atoms in total. The Bertz CT molecular complexity index is 685. The van der Waals surface area contributed by atoms with Crippen molar-refractivity contribution in [3.63, 3.8) is 0 Å². The largest absolute Gasteiger partial charge is 0.478 e. The molecular formula is C12H12BrN5O3. The van der Waals surface area contributed by atoms with Gasteiger partial charge in [-0.3, -0.25) is 4.68 Å². The summed E-state index contributed by atoms with van der Waals surface area (Å²) in [7, 11) is 1.72. The fraction of sp³-hybridized carbons (Fsp3) is 0.167. The number of carboxylic acid groups (broad SMARTS) is 1. The maximum absolute atomic E-state index is 11.8. The quantitative estimate of drug-likeness (QED) is 0.773. The van der Waals surface area contributed by atoms with E-state index >= 15 is 0 Å². The van der Waals surface area contributed by atoms with E-state index in [2.05, 4.69) is 36.6 Å². The highest BCUT2D eigenvalue weighted by atomic mass is 79.9. The number of carboxylic acids is 1. The summed E-state index contributed by atoms with van der Waals surface area (Å²) in [6.07, 6.45) is 1.52. The van der Waals surface area contributed by atoms with Crippen LogP contribution < -0.4 is 10.6 Å². The lowest BCUT2D eigenvalue weighted by atomic mass is 10.2. The molecule has 0 atom stereocenters. The number of benzene rings is 1. The lowest BCUT2D eigenvalue weighted by Gasteiger charge is -2.09. The van der Waals surface area contributed by atoms with Crippen molar-refractivity contribution >= 4 is 33.6 Å². The predicted octanol–water partition coefficient (Wildman–Crippen LogP) is 1.60. The Labute approximate surface area is 128 Å². The van der Waals surface area contributed by atoms with Gasteiger partial charge in [-0.05, 0) is 18.2 Å². The number of aromatic carboxylic acids is 1. The normalized spacial score (nSPS) is 10.2. The Morgan fingerprint density at radius 1 is 1.43 bits per heavy atom. The lowest BCUT2D eigenvalue weighted by molar-refractivity contribution is 0.0698. The maximum atomic E-state index is 11.8. The first-order chi connectivity index (χ1) is 9.95. The third kappa shape index (κ3) is 4.02. The second-order valence-electron chi connectivity index (χ2n) is 4.14. The topological polar surface area (TPSA) is 109 Å². The second-order valence-corrected chi connectivity index (χ2v) is 5.05. The fourth-order valence-corrected chi connectivity index (χ4v) is 1.96. The number of halogens is 1. The molecule has 2 aromatic rings. The first-order valence-electron chi connectivity index (χ1n) is 5.88. The van der Waals surface area contributed by atoms with Crippen molar-refractivity contribution in [3.05, 3.63) is 40.4 Å². The highest BCUT2D eigenvalue weighted by molar-refractivity contribution is 9.10. The average Bonchev–Trinajstić information content (AvgIpc) is 2.82.